The van der Waals surface area contributed by atoms with Crippen LogP contribution in [0.1, 0.15) is 22.9 Å². The van der Waals surface area contributed by atoms with Crippen molar-refractivity contribution in [3.8, 4) is 23.0 Å². The van der Waals surface area contributed by atoms with E-state index in [0.717, 1.165) is 0 Å². The van der Waals surface area contributed by atoms with E-state index < -0.39 is 60.3 Å². The van der Waals surface area contributed by atoms with Crippen LogP contribution in [0.4, 0.5) is 5.82 Å². The molecule has 0 aliphatic carbocycles. The minimum atomic E-state index is -4.54. The number of halogens is 2. The average molecular weight is 595 g/mol. The molecule has 170 valence electrons. The fourth-order valence-corrected chi connectivity index (χ4v) is 3.42. The lowest BCUT2D eigenvalue weighted by molar-refractivity contribution is 0.202. The first kappa shape index (κ1) is 16.3. The molecule has 1 aromatic carbocycles. The summed E-state index contributed by atoms with van der Waals surface area (Å²) in [7, 11) is -4.54. The van der Waals surface area contributed by atoms with Crippen LogP contribution in [0.2, 0.25) is 0 Å². The summed E-state index contributed by atoms with van der Waals surface area (Å²) >= 11 is 6.26. The summed E-state index contributed by atoms with van der Waals surface area (Å²) in [6.45, 7) is -4.33. The molecule has 0 unspecified atom stereocenters. The van der Waals surface area contributed by atoms with Gasteiger partial charge in [-0.2, -0.15) is 13.1 Å². The van der Waals surface area contributed by atoms with E-state index in [1.54, 1.807) is 24.3 Å². The van der Waals surface area contributed by atoms with Crippen molar-refractivity contribution in [1.82, 2.24) is 24.7 Å². The molecule has 0 saturated heterocycles. The van der Waals surface area contributed by atoms with Crippen molar-refractivity contribution in [2.75, 3.05) is 24.4 Å². The molecule has 0 fully saturated rings. The van der Waals surface area contributed by atoms with Gasteiger partial charge in [0.05, 0.1) is 15.5 Å². The lowest BCUT2D eigenvalue weighted by Gasteiger charge is -2.15. The van der Waals surface area contributed by atoms with Crippen LogP contribution in [0.3, 0.4) is 0 Å². The highest BCUT2D eigenvalue weighted by molar-refractivity contribution is 9.10. The monoisotopic (exact) mass is 593 g/mol. The third-order valence-electron chi connectivity index (χ3n) is 3.44. The standard InChI is InChI=1S/C19H20Br2N6O4S/c1-2-7-26-32(28,29)27-17-16(13-3-5-14(20)6-4-13)18(25-12-24-17)30-8-9-31-19-22-10-15(21)11-23-19/h3-6,10-12,26H,2,7-9H2,1H3,(H,24,25,27)/i7D2,9D2,10D,11D,12D. The van der Waals surface area contributed by atoms with Crippen molar-refractivity contribution >= 4 is 47.9 Å². The van der Waals surface area contributed by atoms with Crippen molar-refractivity contribution in [3.05, 3.63) is 51.9 Å². The molecule has 2 N–H and O–H groups in total. The van der Waals surface area contributed by atoms with E-state index in [1.165, 1.54) is 6.92 Å². The molecule has 0 bridgehead atoms. The molecule has 0 saturated carbocycles. The van der Waals surface area contributed by atoms with Crippen LogP contribution in [0.5, 0.6) is 11.9 Å². The van der Waals surface area contributed by atoms with E-state index in [1.807, 2.05) is 4.72 Å². The molecular formula is C19H20Br2N6O4S. The lowest BCUT2D eigenvalue weighted by Crippen LogP contribution is -2.31. The summed E-state index contributed by atoms with van der Waals surface area (Å²) in [6.07, 6.45) is -1.65. The second kappa shape index (κ2) is 11.5. The Labute approximate surface area is 212 Å². The predicted octanol–water partition coefficient (Wildman–Crippen LogP) is 3.57. The van der Waals surface area contributed by atoms with Crippen LogP contribution in [0.25, 0.3) is 11.1 Å². The Morgan fingerprint density at radius 1 is 1.06 bits per heavy atom. The molecule has 10 nitrogen and oxygen atoms in total. The van der Waals surface area contributed by atoms with Crippen molar-refractivity contribution in [2.45, 2.75) is 13.3 Å². The number of benzene rings is 1. The number of nitrogens with one attached hydrogen (secondary N) is 2. The zero-order valence-electron chi connectivity index (χ0n) is 23.3. The van der Waals surface area contributed by atoms with Crippen LogP contribution in [-0.4, -0.2) is 48.0 Å². The van der Waals surface area contributed by atoms with Gasteiger partial charge >= 0.3 is 6.01 Å². The summed E-state index contributed by atoms with van der Waals surface area (Å²) in [4.78, 5) is 15.0. The zero-order valence-corrected chi connectivity index (χ0v) is 20.3. The van der Waals surface area contributed by atoms with Gasteiger partial charge in [0.2, 0.25) is 5.88 Å². The van der Waals surface area contributed by atoms with E-state index in [-0.39, 0.29) is 22.3 Å². The SMILES string of the molecule is [2H]c1nc(NS(=O)(=O)NC([2H])([2H])CC)c(-c2ccc(Br)cc2)c(OCC([2H])([2H])Oc2nc([2H])c(Br)c([2H])n2)n1. The Bertz CT molecular complexity index is 1450. The Morgan fingerprint density at radius 3 is 2.47 bits per heavy atom. The number of hydrogen-bond acceptors (Lipinski definition) is 8. The third kappa shape index (κ3) is 7.08. The molecule has 3 aromatic rings. The molecule has 13 heteroatoms. The molecule has 2 aromatic heterocycles. The molecule has 0 aliphatic heterocycles. The highest BCUT2D eigenvalue weighted by Crippen LogP contribution is 2.34. The first-order chi connectivity index (χ1) is 18.0. The first-order valence-electron chi connectivity index (χ1n) is 12.3. The Balaban J connectivity index is 1.99. The molecule has 0 spiro atoms. The third-order valence-corrected chi connectivity index (χ3v) is 5.20. The van der Waals surface area contributed by atoms with Crippen molar-refractivity contribution in [2.24, 2.45) is 0 Å². The quantitative estimate of drug-likeness (QED) is 0.345. The van der Waals surface area contributed by atoms with Gasteiger partial charge in [0.15, 0.2) is 5.82 Å². The fourth-order valence-electron chi connectivity index (χ4n) is 2.19. The van der Waals surface area contributed by atoms with E-state index >= 15 is 0 Å². The van der Waals surface area contributed by atoms with E-state index in [4.69, 9.17) is 19.1 Å². The van der Waals surface area contributed by atoms with Crippen LogP contribution >= 0.6 is 31.9 Å². The second-order valence-electron chi connectivity index (χ2n) is 5.68. The minimum Gasteiger partial charge on any atom is -0.473 e. The maximum absolute atomic E-state index is 12.7. The smallest absolute Gasteiger partial charge is 0.316 e. The molecule has 0 aliphatic rings. The van der Waals surface area contributed by atoms with Gasteiger partial charge in [0.1, 0.15) is 20.8 Å². The molecular weight excluding hydrogens is 568 g/mol. The van der Waals surface area contributed by atoms with Gasteiger partial charge < -0.3 is 9.47 Å². The average Bonchev–Trinajstić information content (AvgIpc) is 2.80. The molecule has 3 rings (SSSR count). The zero-order chi connectivity index (χ0) is 29.2. The Hall–Kier alpha value is -2.35. The van der Waals surface area contributed by atoms with Crippen LogP contribution in [0.15, 0.2) is 51.9 Å². The molecule has 2 heterocycles. The van der Waals surface area contributed by atoms with Crippen LogP contribution in [-0.2, 0) is 10.2 Å². The van der Waals surface area contributed by atoms with Gasteiger partial charge in [-0.05, 0) is 40.0 Å². The van der Waals surface area contributed by atoms with Gasteiger partial charge in [0.25, 0.3) is 10.2 Å². The molecule has 0 amide bonds. The van der Waals surface area contributed by atoms with Gasteiger partial charge in [-0.1, -0.05) is 35.0 Å². The maximum Gasteiger partial charge on any atom is 0.316 e. The van der Waals surface area contributed by atoms with E-state index in [0.29, 0.717) is 10.0 Å². The fraction of sp³-hybridized carbons (Fsp3) is 0.263. The predicted molar refractivity (Wildman–Crippen MR) is 127 cm³/mol. The molecule has 32 heavy (non-hydrogen) atoms. The number of aromatic nitrogens is 4. The number of nitrogens with zero attached hydrogens (tertiary/aromatic N) is 4. The normalized spacial score (nSPS) is 15.3. The number of rotatable bonds is 11. The summed E-state index contributed by atoms with van der Waals surface area (Å²) in [5, 5.41) is 0. The van der Waals surface area contributed by atoms with Gasteiger partial charge in [-0.3, -0.25) is 4.72 Å². The summed E-state index contributed by atoms with van der Waals surface area (Å²) < 4.78 is 95.6. The number of hydrogen-bond donors (Lipinski definition) is 2. The minimum absolute atomic E-state index is 0.00811. The van der Waals surface area contributed by atoms with Crippen molar-refractivity contribution < 1.29 is 27.5 Å². The summed E-state index contributed by atoms with van der Waals surface area (Å²) in [5.74, 6) is -0.817. The van der Waals surface area contributed by atoms with Crippen molar-refractivity contribution in [3.63, 3.8) is 0 Å². The molecule has 0 atom stereocenters. The maximum atomic E-state index is 12.7. The van der Waals surface area contributed by atoms with Crippen LogP contribution < -0.4 is 18.9 Å². The summed E-state index contributed by atoms with van der Waals surface area (Å²) in [5.41, 5.74) is 0.248. The van der Waals surface area contributed by atoms with E-state index in [9.17, 15) is 8.42 Å². The first-order valence-corrected chi connectivity index (χ1v) is 11.9. The van der Waals surface area contributed by atoms with Gasteiger partial charge in [-0.25, -0.2) is 19.9 Å². The highest BCUT2D eigenvalue weighted by atomic mass is 79.9. The second-order valence-corrected chi connectivity index (χ2v) is 8.80. The largest absolute Gasteiger partial charge is 0.473 e. The lowest BCUT2D eigenvalue weighted by atomic mass is 10.1. The number of anilines is 1. The Morgan fingerprint density at radius 2 is 1.78 bits per heavy atom. The highest BCUT2D eigenvalue weighted by Gasteiger charge is 2.19. The summed E-state index contributed by atoms with van der Waals surface area (Å²) in [6, 6.07) is 5.78. The van der Waals surface area contributed by atoms with Gasteiger partial charge in [0, 0.05) is 26.1 Å². The van der Waals surface area contributed by atoms with E-state index in [2.05, 4.69) is 56.5 Å². The Kier molecular flexibility index (Phi) is 5.85. The number of ether oxygens (including phenoxy) is 2. The van der Waals surface area contributed by atoms with Crippen molar-refractivity contribution in [1.29, 1.82) is 0 Å². The van der Waals surface area contributed by atoms with Crippen LogP contribution in [0, 0.1) is 0 Å². The topological polar surface area (TPSA) is 128 Å². The van der Waals surface area contributed by atoms with Gasteiger partial charge in [-0.15, -0.1) is 0 Å². The molecule has 0 radical (unpaired) electrons.